The lowest BCUT2D eigenvalue weighted by atomic mass is 9.99. The Balaban J connectivity index is 1.26. The molecule has 0 spiro atoms. The van der Waals surface area contributed by atoms with E-state index in [9.17, 15) is 9.59 Å². The van der Waals surface area contributed by atoms with Crippen LogP contribution in [0, 0.1) is 0 Å². The van der Waals surface area contributed by atoms with E-state index in [0.717, 1.165) is 11.1 Å². The Hall–Kier alpha value is -3.26. The van der Waals surface area contributed by atoms with Crippen LogP contribution in [0.15, 0.2) is 84.9 Å². The minimum atomic E-state index is 0.0293. The summed E-state index contributed by atoms with van der Waals surface area (Å²) < 4.78 is 0. The molecule has 0 radical (unpaired) electrons. The number of rotatable bonds is 8. The molecule has 4 aromatic carbocycles. The van der Waals surface area contributed by atoms with Crippen LogP contribution in [0.1, 0.15) is 30.4 Å². The number of fused-ring (bicyclic) bond motifs is 2. The van der Waals surface area contributed by atoms with E-state index in [2.05, 4.69) is 60.7 Å². The van der Waals surface area contributed by atoms with Crippen LogP contribution >= 0.6 is 0 Å². The summed E-state index contributed by atoms with van der Waals surface area (Å²) in [5.41, 5.74) is 2.28. The third kappa shape index (κ3) is 4.97. The van der Waals surface area contributed by atoms with Gasteiger partial charge in [0.2, 0.25) is 0 Å². The molecule has 0 unspecified atom stereocenters. The number of benzene rings is 4. The molecule has 4 rings (SSSR count). The summed E-state index contributed by atoms with van der Waals surface area (Å²) in [4.78, 5) is 24.5. The number of ketones is 2. The van der Waals surface area contributed by atoms with Gasteiger partial charge in [0.1, 0.15) is 11.6 Å². The van der Waals surface area contributed by atoms with Crippen molar-refractivity contribution < 1.29 is 9.59 Å². The van der Waals surface area contributed by atoms with Gasteiger partial charge in [0.15, 0.2) is 0 Å². The van der Waals surface area contributed by atoms with Crippen molar-refractivity contribution in [1.29, 1.82) is 0 Å². The van der Waals surface area contributed by atoms with Gasteiger partial charge in [0, 0.05) is 12.8 Å². The van der Waals surface area contributed by atoms with Gasteiger partial charge < -0.3 is 0 Å². The molecule has 144 valence electrons. The predicted octanol–water partition coefficient (Wildman–Crippen LogP) is 6.09. The fourth-order valence-corrected chi connectivity index (χ4v) is 3.75. The number of carbonyl (C=O) groups is 2. The molecule has 0 aliphatic heterocycles. The molecule has 0 atom stereocenters. The van der Waals surface area contributed by atoms with Gasteiger partial charge in [-0.15, -0.1) is 0 Å². The van der Waals surface area contributed by atoms with Crippen LogP contribution in [-0.4, -0.2) is 11.6 Å². The van der Waals surface area contributed by atoms with Gasteiger partial charge in [0.05, 0.1) is 6.42 Å². The molecule has 4 aromatic rings. The Morgan fingerprint density at radius 1 is 0.517 bits per heavy atom. The van der Waals surface area contributed by atoms with Gasteiger partial charge in [0.25, 0.3) is 0 Å². The van der Waals surface area contributed by atoms with Crippen LogP contribution in [0.2, 0.25) is 0 Å². The molecule has 2 heteroatoms. The first-order valence-electron chi connectivity index (χ1n) is 10.2. The normalized spacial score (nSPS) is 11.0. The number of hydrogen-bond acceptors (Lipinski definition) is 2. The average molecular weight is 380 g/mol. The minimum absolute atomic E-state index is 0.0293. The zero-order chi connectivity index (χ0) is 20.1. The van der Waals surface area contributed by atoms with Crippen LogP contribution in [0.25, 0.3) is 21.5 Å². The van der Waals surface area contributed by atoms with Crippen molar-refractivity contribution in [3.63, 3.8) is 0 Å². The van der Waals surface area contributed by atoms with Crippen LogP contribution in [0.5, 0.6) is 0 Å². The lowest BCUT2D eigenvalue weighted by Crippen LogP contribution is -2.09. The molecule has 29 heavy (non-hydrogen) atoms. The van der Waals surface area contributed by atoms with Gasteiger partial charge in [-0.2, -0.15) is 0 Å². The molecule has 0 saturated heterocycles. The number of hydrogen-bond donors (Lipinski definition) is 0. The van der Waals surface area contributed by atoms with E-state index >= 15 is 0 Å². The second-order valence-corrected chi connectivity index (χ2v) is 7.62. The molecule has 0 fully saturated rings. The average Bonchev–Trinajstić information content (AvgIpc) is 2.76. The molecule has 0 heterocycles. The van der Waals surface area contributed by atoms with Crippen molar-refractivity contribution in [3.8, 4) is 0 Å². The zero-order valence-electron chi connectivity index (χ0n) is 16.4. The second kappa shape index (κ2) is 8.83. The van der Waals surface area contributed by atoms with Crippen LogP contribution in [-0.2, 0) is 22.4 Å². The van der Waals surface area contributed by atoms with Gasteiger partial charge in [-0.05, 0) is 45.5 Å². The first-order valence-corrected chi connectivity index (χ1v) is 10.2. The Labute approximate surface area is 171 Å². The summed E-state index contributed by atoms with van der Waals surface area (Å²) in [6, 6.07) is 29.0. The highest BCUT2D eigenvalue weighted by Crippen LogP contribution is 2.18. The fraction of sp³-hybridized carbons (Fsp3) is 0.185. The molecule has 2 nitrogen and oxygen atoms in total. The Morgan fingerprint density at radius 3 is 1.38 bits per heavy atom. The second-order valence-electron chi connectivity index (χ2n) is 7.62. The monoisotopic (exact) mass is 380 g/mol. The maximum atomic E-state index is 12.3. The molecule has 0 aliphatic carbocycles. The van der Waals surface area contributed by atoms with Crippen molar-refractivity contribution in [3.05, 3.63) is 96.1 Å². The molecule has 0 saturated carbocycles. The van der Waals surface area contributed by atoms with E-state index in [-0.39, 0.29) is 18.0 Å². The summed E-state index contributed by atoms with van der Waals surface area (Å²) in [5.74, 6) is 0.0586. The van der Waals surface area contributed by atoms with Gasteiger partial charge in [-0.3, -0.25) is 9.59 Å². The van der Waals surface area contributed by atoms with Crippen LogP contribution in [0.4, 0.5) is 0 Å². The van der Waals surface area contributed by atoms with Crippen molar-refractivity contribution in [2.75, 3.05) is 0 Å². The third-order valence-corrected chi connectivity index (χ3v) is 5.41. The van der Waals surface area contributed by atoms with E-state index in [1.807, 2.05) is 24.3 Å². The van der Waals surface area contributed by atoms with Gasteiger partial charge in [-0.1, -0.05) is 84.9 Å². The van der Waals surface area contributed by atoms with Gasteiger partial charge >= 0.3 is 0 Å². The molecular weight excluding hydrogens is 356 g/mol. The molecule has 0 amide bonds. The summed E-state index contributed by atoms with van der Waals surface area (Å²) in [7, 11) is 0. The highest BCUT2D eigenvalue weighted by molar-refractivity contribution is 5.99. The quantitative estimate of drug-likeness (QED) is 0.347. The third-order valence-electron chi connectivity index (χ3n) is 5.41. The first kappa shape index (κ1) is 19.1. The standard InChI is InChI=1S/C27H24O2/c28-26(15-11-20-9-13-22-5-1-3-7-24(22)17-20)19-27(29)16-12-21-10-14-23-6-2-4-8-25(23)18-21/h1-10,13-14,17-18H,11-12,15-16,19H2. The smallest absolute Gasteiger partial charge is 0.140 e. The van der Waals surface area contributed by atoms with E-state index in [1.54, 1.807) is 0 Å². The number of Topliss-reactive ketones (excluding diaryl/α,β-unsaturated/α-hetero) is 2. The minimum Gasteiger partial charge on any atom is -0.299 e. The summed E-state index contributed by atoms with van der Waals surface area (Å²) in [5, 5.41) is 4.77. The predicted molar refractivity (Wildman–Crippen MR) is 119 cm³/mol. The van der Waals surface area contributed by atoms with Crippen LogP contribution < -0.4 is 0 Å². The Kier molecular flexibility index (Phi) is 5.81. The highest BCUT2D eigenvalue weighted by Gasteiger charge is 2.10. The number of aryl methyl sites for hydroxylation is 2. The maximum absolute atomic E-state index is 12.3. The molecule has 0 N–H and O–H groups in total. The Morgan fingerprint density at radius 2 is 0.931 bits per heavy atom. The number of carbonyl (C=O) groups excluding carboxylic acids is 2. The van der Waals surface area contributed by atoms with E-state index in [0.29, 0.717) is 25.7 Å². The van der Waals surface area contributed by atoms with Crippen molar-refractivity contribution in [2.24, 2.45) is 0 Å². The van der Waals surface area contributed by atoms with Gasteiger partial charge in [-0.25, -0.2) is 0 Å². The first-order chi connectivity index (χ1) is 14.2. The molecule has 0 aromatic heterocycles. The van der Waals surface area contributed by atoms with Crippen molar-refractivity contribution >= 4 is 33.1 Å². The van der Waals surface area contributed by atoms with Crippen molar-refractivity contribution in [1.82, 2.24) is 0 Å². The highest BCUT2D eigenvalue weighted by atomic mass is 16.1. The topological polar surface area (TPSA) is 34.1 Å². The van der Waals surface area contributed by atoms with E-state index in [1.165, 1.54) is 21.5 Å². The fourth-order valence-electron chi connectivity index (χ4n) is 3.75. The molecule has 0 bridgehead atoms. The largest absolute Gasteiger partial charge is 0.299 e. The summed E-state index contributed by atoms with van der Waals surface area (Å²) in [6.07, 6.45) is 2.24. The lowest BCUT2D eigenvalue weighted by Gasteiger charge is -2.05. The SMILES string of the molecule is O=C(CCc1ccc2ccccc2c1)CC(=O)CCc1ccc2ccccc2c1. The Bertz CT molecular complexity index is 1080. The molecule has 0 aliphatic rings. The van der Waals surface area contributed by atoms with Crippen LogP contribution in [0.3, 0.4) is 0 Å². The summed E-state index contributed by atoms with van der Waals surface area (Å²) in [6.45, 7) is 0. The zero-order valence-corrected chi connectivity index (χ0v) is 16.4. The molecular formula is C27H24O2. The van der Waals surface area contributed by atoms with E-state index < -0.39 is 0 Å². The summed E-state index contributed by atoms with van der Waals surface area (Å²) >= 11 is 0. The maximum Gasteiger partial charge on any atom is 0.140 e. The van der Waals surface area contributed by atoms with E-state index in [4.69, 9.17) is 0 Å². The van der Waals surface area contributed by atoms with Crippen molar-refractivity contribution in [2.45, 2.75) is 32.1 Å². The lowest BCUT2D eigenvalue weighted by molar-refractivity contribution is -0.126.